The number of carbonyl (C=O) groups is 2. The Labute approximate surface area is 194 Å². The van der Waals surface area contributed by atoms with Crippen LogP contribution in [0, 0.1) is 0 Å². The van der Waals surface area contributed by atoms with Crippen molar-refractivity contribution in [1.29, 1.82) is 0 Å². The van der Waals surface area contributed by atoms with E-state index in [-0.39, 0.29) is 0 Å². The maximum atomic E-state index is 13.2. The number of carbonyl (C=O) groups excluding carboxylic acids is 2. The predicted molar refractivity (Wildman–Crippen MR) is 128 cm³/mol. The number of benzene rings is 3. The second kappa shape index (κ2) is 12.3. The third-order valence-electron chi connectivity index (χ3n) is 4.87. The summed E-state index contributed by atoms with van der Waals surface area (Å²) in [5.74, 6) is 0.161. The van der Waals surface area contributed by atoms with Crippen molar-refractivity contribution in [3.05, 3.63) is 90.0 Å². The number of anilines is 1. The molecule has 0 radical (unpaired) electrons. The number of ether oxygens (including phenoxy) is 3. The van der Waals surface area contributed by atoms with Crippen LogP contribution in [0.3, 0.4) is 0 Å². The summed E-state index contributed by atoms with van der Waals surface area (Å²) < 4.78 is 16.9. The fourth-order valence-corrected chi connectivity index (χ4v) is 3.15. The molecule has 0 bridgehead atoms. The van der Waals surface area contributed by atoms with Crippen molar-refractivity contribution in [3.8, 4) is 11.5 Å². The number of rotatable bonds is 11. The first-order valence-corrected chi connectivity index (χ1v) is 11.1. The molecule has 6 nitrogen and oxygen atoms in total. The zero-order chi connectivity index (χ0) is 23.5. The number of nitrogens with one attached hydrogen (secondary N) is 1. The van der Waals surface area contributed by atoms with E-state index in [1.54, 1.807) is 66.7 Å². The minimum atomic E-state index is -1.13. The third-order valence-corrected chi connectivity index (χ3v) is 4.87. The summed E-state index contributed by atoms with van der Waals surface area (Å²) in [6.07, 6.45) is 0.876. The first kappa shape index (κ1) is 23.9. The average molecular weight is 448 g/mol. The van der Waals surface area contributed by atoms with E-state index < -0.39 is 18.0 Å². The quantitative estimate of drug-likeness (QED) is 0.297. The molecule has 1 atom stereocenters. The summed E-state index contributed by atoms with van der Waals surface area (Å²) in [6.45, 7) is 5.05. The molecule has 6 heteroatoms. The average Bonchev–Trinajstić information content (AvgIpc) is 2.85. The fourth-order valence-electron chi connectivity index (χ4n) is 3.15. The second-order valence-corrected chi connectivity index (χ2v) is 7.34. The van der Waals surface area contributed by atoms with E-state index in [1.165, 1.54) is 0 Å². The summed E-state index contributed by atoms with van der Waals surface area (Å²) >= 11 is 0. The van der Waals surface area contributed by atoms with Crippen molar-refractivity contribution in [2.45, 2.75) is 32.8 Å². The summed E-state index contributed by atoms with van der Waals surface area (Å²) in [5, 5.41) is 2.83. The van der Waals surface area contributed by atoms with Crippen LogP contribution in [-0.4, -0.2) is 25.1 Å². The van der Waals surface area contributed by atoms with Gasteiger partial charge in [0.25, 0.3) is 5.91 Å². The molecule has 0 aliphatic heterocycles. The van der Waals surface area contributed by atoms with Crippen molar-refractivity contribution in [2.24, 2.45) is 0 Å². The van der Waals surface area contributed by atoms with Crippen LogP contribution in [0.25, 0.3) is 0 Å². The highest BCUT2D eigenvalue weighted by atomic mass is 16.5. The molecule has 33 heavy (non-hydrogen) atoms. The lowest BCUT2D eigenvalue weighted by molar-refractivity contribution is -0.125. The zero-order valence-electron chi connectivity index (χ0n) is 19.0. The number of hydrogen-bond donors (Lipinski definition) is 1. The topological polar surface area (TPSA) is 73.9 Å². The molecule has 172 valence electrons. The van der Waals surface area contributed by atoms with E-state index in [4.69, 9.17) is 14.2 Å². The predicted octanol–water partition coefficient (Wildman–Crippen LogP) is 5.80. The van der Waals surface area contributed by atoms with Gasteiger partial charge in [-0.1, -0.05) is 55.8 Å². The normalized spacial score (nSPS) is 11.3. The second-order valence-electron chi connectivity index (χ2n) is 7.34. The van der Waals surface area contributed by atoms with Crippen LogP contribution in [0.2, 0.25) is 0 Å². The van der Waals surface area contributed by atoms with Crippen molar-refractivity contribution < 1.29 is 23.8 Å². The first-order valence-electron chi connectivity index (χ1n) is 11.1. The first-order chi connectivity index (χ1) is 16.1. The Morgan fingerprint density at radius 1 is 0.848 bits per heavy atom. The molecule has 0 saturated heterocycles. The molecule has 0 spiro atoms. The Balaban J connectivity index is 1.76. The lowest BCUT2D eigenvalue weighted by Gasteiger charge is -2.19. The van der Waals surface area contributed by atoms with E-state index in [0.29, 0.717) is 41.5 Å². The Morgan fingerprint density at radius 2 is 1.55 bits per heavy atom. The molecular formula is C27H29NO5. The number of amides is 1. The highest BCUT2D eigenvalue weighted by molar-refractivity contribution is 5.99. The van der Waals surface area contributed by atoms with E-state index in [1.807, 2.05) is 19.1 Å². The van der Waals surface area contributed by atoms with Crippen LogP contribution in [0.5, 0.6) is 11.5 Å². The molecule has 3 rings (SSSR count). The van der Waals surface area contributed by atoms with Gasteiger partial charge in [-0.3, -0.25) is 4.79 Å². The molecule has 1 unspecified atom stereocenters. The standard InChI is InChI=1S/C27H29NO5/c1-3-5-19-32-22-17-15-21(16-18-22)27(30)33-25(20-11-7-6-8-12-20)26(29)28-23-13-9-10-14-24(23)31-4-2/h6-18,25H,3-5,19H2,1-2H3,(H,28,29). The van der Waals surface area contributed by atoms with Crippen LogP contribution in [0.4, 0.5) is 5.69 Å². The molecular weight excluding hydrogens is 418 g/mol. The van der Waals surface area contributed by atoms with Gasteiger partial charge in [-0.2, -0.15) is 0 Å². The highest BCUT2D eigenvalue weighted by Crippen LogP contribution is 2.27. The van der Waals surface area contributed by atoms with Crippen molar-refractivity contribution in [1.82, 2.24) is 0 Å². The van der Waals surface area contributed by atoms with E-state index >= 15 is 0 Å². The van der Waals surface area contributed by atoms with E-state index in [2.05, 4.69) is 12.2 Å². The van der Waals surface area contributed by atoms with Crippen LogP contribution in [0.1, 0.15) is 48.7 Å². The molecule has 1 amide bonds. The molecule has 0 heterocycles. The smallest absolute Gasteiger partial charge is 0.339 e. The van der Waals surface area contributed by atoms with E-state index in [0.717, 1.165) is 12.8 Å². The van der Waals surface area contributed by atoms with Gasteiger partial charge in [0.15, 0.2) is 0 Å². The molecule has 1 N–H and O–H groups in total. The highest BCUT2D eigenvalue weighted by Gasteiger charge is 2.26. The summed E-state index contributed by atoms with van der Waals surface area (Å²) in [6, 6.07) is 22.8. The summed E-state index contributed by atoms with van der Waals surface area (Å²) in [4.78, 5) is 26.0. The number of hydrogen-bond acceptors (Lipinski definition) is 5. The van der Waals surface area contributed by atoms with Crippen molar-refractivity contribution in [3.63, 3.8) is 0 Å². The van der Waals surface area contributed by atoms with Crippen molar-refractivity contribution >= 4 is 17.6 Å². The Morgan fingerprint density at radius 3 is 2.24 bits per heavy atom. The Bertz CT molecular complexity index is 1030. The van der Waals surface area contributed by atoms with Gasteiger partial charge in [-0.25, -0.2) is 4.79 Å². The lowest BCUT2D eigenvalue weighted by atomic mass is 10.1. The van der Waals surface area contributed by atoms with Crippen LogP contribution in [-0.2, 0) is 9.53 Å². The van der Waals surface area contributed by atoms with Crippen LogP contribution in [0.15, 0.2) is 78.9 Å². The molecule has 3 aromatic rings. The Hall–Kier alpha value is -3.80. The van der Waals surface area contributed by atoms with Crippen LogP contribution >= 0.6 is 0 Å². The minimum absolute atomic E-state index is 0.335. The number of unbranched alkanes of at least 4 members (excludes halogenated alkanes) is 1. The third kappa shape index (κ3) is 6.84. The summed E-state index contributed by atoms with van der Waals surface area (Å²) in [5.41, 5.74) is 1.41. The number of para-hydroxylation sites is 2. The maximum Gasteiger partial charge on any atom is 0.339 e. The summed E-state index contributed by atoms with van der Waals surface area (Å²) in [7, 11) is 0. The van der Waals surface area contributed by atoms with Gasteiger partial charge < -0.3 is 19.5 Å². The molecule has 0 aromatic heterocycles. The van der Waals surface area contributed by atoms with Gasteiger partial charge in [0.05, 0.1) is 24.5 Å². The van der Waals surface area contributed by atoms with Gasteiger partial charge in [-0.15, -0.1) is 0 Å². The molecule has 0 saturated carbocycles. The minimum Gasteiger partial charge on any atom is -0.494 e. The lowest BCUT2D eigenvalue weighted by Crippen LogP contribution is -2.26. The fraction of sp³-hybridized carbons (Fsp3) is 0.259. The maximum absolute atomic E-state index is 13.2. The molecule has 3 aromatic carbocycles. The molecule has 0 fully saturated rings. The zero-order valence-corrected chi connectivity index (χ0v) is 19.0. The Kier molecular flexibility index (Phi) is 8.88. The molecule has 0 aliphatic rings. The monoisotopic (exact) mass is 447 g/mol. The van der Waals surface area contributed by atoms with Gasteiger partial charge in [0.1, 0.15) is 11.5 Å². The van der Waals surface area contributed by atoms with Crippen molar-refractivity contribution in [2.75, 3.05) is 18.5 Å². The largest absolute Gasteiger partial charge is 0.494 e. The van der Waals surface area contributed by atoms with Gasteiger partial charge in [-0.05, 0) is 49.7 Å². The molecule has 0 aliphatic carbocycles. The van der Waals surface area contributed by atoms with Gasteiger partial charge in [0.2, 0.25) is 6.10 Å². The van der Waals surface area contributed by atoms with Gasteiger partial charge in [0, 0.05) is 5.56 Å². The SMILES string of the molecule is CCCCOc1ccc(C(=O)OC(C(=O)Nc2ccccc2OCC)c2ccccc2)cc1. The number of esters is 1. The van der Waals surface area contributed by atoms with E-state index in [9.17, 15) is 9.59 Å². The van der Waals surface area contributed by atoms with Crippen LogP contribution < -0.4 is 14.8 Å². The van der Waals surface area contributed by atoms with Gasteiger partial charge >= 0.3 is 5.97 Å².